The number of nitrogens with zero attached hydrogens (tertiary/aromatic N) is 1. The first-order valence-electron chi connectivity index (χ1n) is 11.5. The van der Waals surface area contributed by atoms with Gasteiger partial charge in [-0.25, -0.2) is 0 Å². The van der Waals surface area contributed by atoms with E-state index in [2.05, 4.69) is 16.0 Å². The van der Waals surface area contributed by atoms with Gasteiger partial charge in [-0.3, -0.25) is 9.59 Å². The van der Waals surface area contributed by atoms with E-state index in [0.717, 1.165) is 11.3 Å². The van der Waals surface area contributed by atoms with E-state index in [1.54, 1.807) is 0 Å². The summed E-state index contributed by atoms with van der Waals surface area (Å²) in [4.78, 5) is 29.2. The molecule has 4 rings (SSSR count). The van der Waals surface area contributed by atoms with E-state index < -0.39 is 5.92 Å². The normalized spacial score (nSPS) is 13.8. The molecule has 1 aliphatic heterocycles. The molecule has 6 nitrogen and oxygen atoms in total. The average Bonchev–Trinajstić information content (AvgIpc) is 2.84. The Morgan fingerprint density at radius 2 is 1.11 bits per heavy atom. The Morgan fingerprint density at radius 3 is 1.51 bits per heavy atom. The van der Waals surface area contributed by atoms with Crippen LogP contribution in [0.2, 0.25) is 0 Å². The number of rotatable bonds is 6. The zero-order chi connectivity index (χ0) is 24.9. The van der Waals surface area contributed by atoms with Crippen LogP contribution in [-0.4, -0.2) is 25.9 Å². The van der Waals surface area contributed by atoms with Crippen LogP contribution in [0.4, 0.5) is 17.1 Å². The Morgan fingerprint density at radius 1 is 0.686 bits per heavy atom. The summed E-state index contributed by atoms with van der Waals surface area (Å²) >= 11 is 0. The molecule has 2 amide bonds. The van der Waals surface area contributed by atoms with Gasteiger partial charge in [0.2, 0.25) is 0 Å². The van der Waals surface area contributed by atoms with Crippen LogP contribution in [0, 0.1) is 0 Å². The number of dihydropyridines is 1. The maximum Gasteiger partial charge on any atom is 0.254 e. The van der Waals surface area contributed by atoms with Crippen LogP contribution in [0.15, 0.2) is 107 Å². The van der Waals surface area contributed by atoms with E-state index >= 15 is 0 Å². The summed E-state index contributed by atoms with van der Waals surface area (Å²) in [6.45, 7) is 3.74. The van der Waals surface area contributed by atoms with E-state index in [4.69, 9.17) is 0 Å². The molecule has 0 unspecified atom stereocenters. The van der Waals surface area contributed by atoms with Gasteiger partial charge in [-0.15, -0.1) is 0 Å². The van der Waals surface area contributed by atoms with Crippen LogP contribution in [0.3, 0.4) is 0 Å². The van der Waals surface area contributed by atoms with Crippen molar-refractivity contribution in [2.24, 2.45) is 0 Å². The van der Waals surface area contributed by atoms with Crippen molar-refractivity contribution in [2.45, 2.75) is 19.8 Å². The number of benzene rings is 3. The van der Waals surface area contributed by atoms with Crippen LogP contribution in [0.25, 0.3) is 0 Å². The van der Waals surface area contributed by atoms with Crippen LogP contribution < -0.4 is 20.9 Å². The van der Waals surface area contributed by atoms with Crippen molar-refractivity contribution in [1.82, 2.24) is 5.32 Å². The highest BCUT2D eigenvalue weighted by atomic mass is 16.2. The van der Waals surface area contributed by atoms with Gasteiger partial charge in [0, 0.05) is 59.6 Å². The van der Waals surface area contributed by atoms with Crippen molar-refractivity contribution in [3.63, 3.8) is 0 Å². The fourth-order valence-corrected chi connectivity index (χ4v) is 4.33. The maximum atomic E-state index is 13.6. The highest BCUT2D eigenvalue weighted by Gasteiger charge is 2.36. The molecule has 0 atom stereocenters. The summed E-state index contributed by atoms with van der Waals surface area (Å²) < 4.78 is 0. The van der Waals surface area contributed by atoms with Gasteiger partial charge in [-0.2, -0.15) is 0 Å². The molecule has 0 saturated carbocycles. The van der Waals surface area contributed by atoms with Crippen LogP contribution >= 0.6 is 0 Å². The number of para-hydroxylation sites is 2. The fraction of sp³-hybridized carbons (Fsp3) is 0.172. The van der Waals surface area contributed by atoms with Gasteiger partial charge in [0.15, 0.2) is 0 Å². The third kappa shape index (κ3) is 5.27. The molecule has 6 heteroatoms. The van der Waals surface area contributed by atoms with Gasteiger partial charge in [0.25, 0.3) is 11.8 Å². The van der Waals surface area contributed by atoms with Gasteiger partial charge >= 0.3 is 0 Å². The zero-order valence-corrected chi connectivity index (χ0v) is 20.4. The smallest absolute Gasteiger partial charge is 0.254 e. The van der Waals surface area contributed by atoms with E-state index in [1.165, 1.54) is 0 Å². The fourth-order valence-electron chi connectivity index (χ4n) is 4.33. The molecule has 0 saturated heterocycles. The van der Waals surface area contributed by atoms with E-state index in [9.17, 15) is 9.59 Å². The van der Waals surface area contributed by atoms with Crippen LogP contribution in [-0.2, 0) is 9.59 Å². The summed E-state index contributed by atoms with van der Waals surface area (Å²) in [5, 5.41) is 9.26. The Bertz CT molecular complexity index is 1200. The van der Waals surface area contributed by atoms with Crippen LogP contribution in [0.1, 0.15) is 25.3 Å². The maximum absolute atomic E-state index is 13.6. The van der Waals surface area contributed by atoms with E-state index in [0.29, 0.717) is 33.9 Å². The van der Waals surface area contributed by atoms with Gasteiger partial charge in [0.05, 0.1) is 0 Å². The molecule has 35 heavy (non-hydrogen) atoms. The predicted octanol–water partition coefficient (Wildman–Crippen LogP) is 5.26. The third-order valence-corrected chi connectivity index (χ3v) is 6.06. The number of allylic oxidation sites excluding steroid dienone is 2. The molecule has 0 bridgehead atoms. The summed E-state index contributed by atoms with van der Waals surface area (Å²) in [6.07, 6.45) is 0. The summed E-state index contributed by atoms with van der Waals surface area (Å²) in [6, 6.07) is 26.6. The van der Waals surface area contributed by atoms with Crippen molar-refractivity contribution in [2.75, 3.05) is 29.6 Å². The number of hydrogen-bond acceptors (Lipinski definition) is 4. The lowest BCUT2D eigenvalue weighted by molar-refractivity contribution is -0.113. The Balaban J connectivity index is 1.77. The van der Waals surface area contributed by atoms with Gasteiger partial charge in [-0.05, 0) is 55.8 Å². The van der Waals surface area contributed by atoms with Crippen molar-refractivity contribution >= 4 is 28.9 Å². The second-order valence-electron chi connectivity index (χ2n) is 8.76. The SMILES string of the molecule is CC1=C(C(=O)Nc2ccccc2)C(c2ccc(N(C)C)cc2)C(C(=O)Nc2ccccc2)=C(C)N1. The molecule has 1 aliphatic rings. The first-order chi connectivity index (χ1) is 16.8. The lowest BCUT2D eigenvalue weighted by atomic mass is 9.79. The Labute approximate surface area is 206 Å². The molecule has 0 radical (unpaired) electrons. The highest BCUT2D eigenvalue weighted by molar-refractivity contribution is 6.11. The van der Waals surface area contributed by atoms with Crippen molar-refractivity contribution in [3.05, 3.63) is 113 Å². The molecule has 3 aromatic rings. The second kappa shape index (κ2) is 10.3. The monoisotopic (exact) mass is 466 g/mol. The molecule has 178 valence electrons. The first kappa shape index (κ1) is 23.8. The van der Waals surface area contributed by atoms with Crippen molar-refractivity contribution in [1.29, 1.82) is 0 Å². The number of hydrogen-bond donors (Lipinski definition) is 3. The number of amides is 2. The average molecular weight is 467 g/mol. The molecule has 0 aliphatic carbocycles. The molecule has 3 aromatic carbocycles. The molecule has 0 fully saturated rings. The van der Waals surface area contributed by atoms with Crippen LogP contribution in [0.5, 0.6) is 0 Å². The number of carbonyl (C=O) groups excluding carboxylic acids is 2. The number of anilines is 3. The first-order valence-corrected chi connectivity index (χ1v) is 11.5. The summed E-state index contributed by atoms with van der Waals surface area (Å²) in [5.74, 6) is -1.04. The largest absolute Gasteiger partial charge is 0.378 e. The molecular weight excluding hydrogens is 436 g/mol. The number of nitrogens with one attached hydrogen (secondary N) is 3. The highest BCUT2D eigenvalue weighted by Crippen LogP contribution is 2.39. The van der Waals surface area contributed by atoms with Crippen molar-refractivity contribution < 1.29 is 9.59 Å². The lowest BCUT2D eigenvalue weighted by Crippen LogP contribution is -2.35. The van der Waals surface area contributed by atoms with E-state index in [1.807, 2.05) is 118 Å². The Kier molecular flexibility index (Phi) is 7.01. The molecule has 0 aromatic heterocycles. The van der Waals surface area contributed by atoms with Gasteiger partial charge in [0.1, 0.15) is 0 Å². The minimum Gasteiger partial charge on any atom is -0.378 e. The lowest BCUT2D eigenvalue weighted by Gasteiger charge is -2.31. The quantitative estimate of drug-likeness (QED) is 0.463. The second-order valence-corrected chi connectivity index (χ2v) is 8.76. The molecule has 1 heterocycles. The Hall–Kier alpha value is -4.32. The van der Waals surface area contributed by atoms with Gasteiger partial charge < -0.3 is 20.9 Å². The van der Waals surface area contributed by atoms with Crippen molar-refractivity contribution in [3.8, 4) is 0 Å². The zero-order valence-electron chi connectivity index (χ0n) is 20.4. The van der Waals surface area contributed by atoms with Gasteiger partial charge in [-0.1, -0.05) is 48.5 Å². The molecular formula is C29H30N4O2. The third-order valence-electron chi connectivity index (χ3n) is 6.06. The topological polar surface area (TPSA) is 73.5 Å². The minimum absolute atomic E-state index is 0.250. The standard InChI is InChI=1S/C29H30N4O2/c1-19-25(28(34)31-22-11-7-5-8-12-22)27(21-15-17-24(18-16-21)33(3)4)26(20(2)30-19)29(35)32-23-13-9-6-10-14-23/h5-18,27,30H,1-4H3,(H,31,34)(H,32,35). The number of carbonyl (C=O) groups is 2. The predicted molar refractivity (Wildman–Crippen MR) is 142 cm³/mol. The van der Waals surface area contributed by atoms with E-state index in [-0.39, 0.29) is 11.8 Å². The molecule has 0 spiro atoms. The summed E-state index contributed by atoms with van der Waals surface area (Å²) in [7, 11) is 3.95. The summed E-state index contributed by atoms with van der Waals surface area (Å²) in [5.41, 5.74) is 5.75. The molecule has 3 N–H and O–H groups in total. The minimum atomic E-state index is -0.542.